The number of nitrogen functional groups attached to an aromatic ring is 1. The summed E-state index contributed by atoms with van der Waals surface area (Å²) in [5.41, 5.74) is 17.4. The molecule has 0 unspecified atom stereocenters. The SMILES string of the molecule is Nc1ccc2c(Nc3ccc(C(=O)Nc4cccc(Nc5ccccc5)c4)cc3)ccnc2c1.O=C(Nc1cccc(Nc2ccccc2)c1)c1ccc(Nc2ccnc3cc([N+](=O)[O-])ccc23)cc1. The molecule has 14 heteroatoms. The predicted octanol–water partition coefficient (Wildman–Crippen LogP) is 13.4. The summed E-state index contributed by atoms with van der Waals surface area (Å²) in [4.78, 5) is 44.8. The maximum atomic E-state index is 12.8. The van der Waals surface area contributed by atoms with E-state index < -0.39 is 4.92 Å². The summed E-state index contributed by atoms with van der Waals surface area (Å²) in [7, 11) is 0. The topological polar surface area (TPSA) is 201 Å². The number of hydrogen-bond acceptors (Lipinski definition) is 11. The number of nitro benzene ring substituents is 1. The maximum Gasteiger partial charge on any atom is 0.271 e. The van der Waals surface area contributed by atoms with Crippen LogP contribution in [-0.4, -0.2) is 26.7 Å². The number of amides is 2. The summed E-state index contributed by atoms with van der Waals surface area (Å²) in [6, 6.07) is 63.2. The molecule has 10 aromatic rings. The summed E-state index contributed by atoms with van der Waals surface area (Å²) in [6.07, 6.45) is 3.34. The number of fused-ring (bicyclic) bond motifs is 2. The molecule has 0 saturated carbocycles. The smallest absolute Gasteiger partial charge is 0.271 e. The third-order valence-corrected chi connectivity index (χ3v) is 10.9. The van der Waals surface area contributed by atoms with Gasteiger partial charge >= 0.3 is 0 Å². The van der Waals surface area contributed by atoms with Crippen molar-refractivity contribution < 1.29 is 14.5 Å². The van der Waals surface area contributed by atoms with Crippen molar-refractivity contribution in [3.63, 3.8) is 0 Å². The molecular weight excluding hydrogens is 877 g/mol. The van der Waals surface area contributed by atoms with Gasteiger partial charge in [-0.3, -0.25) is 29.7 Å². The first kappa shape index (κ1) is 45.1. The molecule has 0 atom stereocenters. The van der Waals surface area contributed by atoms with E-state index in [-0.39, 0.29) is 17.5 Å². The summed E-state index contributed by atoms with van der Waals surface area (Å²) in [5.74, 6) is -0.395. The third-order valence-electron chi connectivity index (χ3n) is 10.9. The van der Waals surface area contributed by atoms with Crippen LogP contribution in [0.25, 0.3) is 21.8 Å². The normalized spacial score (nSPS) is 10.6. The standard InChI is InChI=1S/C28H21N5O3.C28H23N5O/c34-28(32-23-8-4-7-22(17-23)30-20-5-2-1-3-6-20)19-9-11-21(12-10-19)31-26-15-16-29-27-18-24(33(35)36)13-14-25(26)27;29-20-11-14-25-26(15-16-30-27(25)17-20)32-22-12-9-19(10-13-22)28(34)33-24-8-4-7-23(18-24)31-21-5-2-1-3-6-21/h1-18,30H,(H,29,31)(H,32,34);1-18,31H,29H2,(H,30,32)(H,33,34). The fraction of sp³-hybridized carbons (Fsp3) is 0. The van der Waals surface area contributed by atoms with Crippen molar-refractivity contribution in [3.8, 4) is 0 Å². The first-order valence-corrected chi connectivity index (χ1v) is 22.1. The highest BCUT2D eigenvalue weighted by Gasteiger charge is 2.12. The molecule has 8 N–H and O–H groups in total. The van der Waals surface area contributed by atoms with Crippen molar-refractivity contribution in [2.45, 2.75) is 0 Å². The van der Waals surface area contributed by atoms with Gasteiger partial charge in [-0.2, -0.15) is 0 Å². The highest BCUT2D eigenvalue weighted by atomic mass is 16.6. The van der Waals surface area contributed by atoms with Crippen molar-refractivity contribution in [3.05, 3.63) is 240 Å². The molecule has 0 spiro atoms. The Morgan fingerprint density at radius 1 is 0.414 bits per heavy atom. The molecular formula is C56H44N10O4. The number of non-ortho nitro benzene ring substituents is 1. The third kappa shape index (κ3) is 11.5. The van der Waals surface area contributed by atoms with Crippen molar-refractivity contribution >= 4 is 102 Å². The Hall–Kier alpha value is -10.1. The molecule has 0 aliphatic carbocycles. The lowest BCUT2D eigenvalue weighted by atomic mass is 10.1. The minimum absolute atomic E-state index is 0.0103. The second-order valence-corrected chi connectivity index (χ2v) is 15.9. The van der Waals surface area contributed by atoms with E-state index in [1.807, 2.05) is 146 Å². The Kier molecular flexibility index (Phi) is 13.6. The number of nitro groups is 1. The Bertz CT molecular complexity index is 3470. The number of carbonyl (C=O) groups is 2. The number of rotatable bonds is 13. The van der Waals surface area contributed by atoms with Crippen LogP contribution >= 0.6 is 0 Å². The van der Waals surface area contributed by atoms with Gasteiger partial charge < -0.3 is 37.6 Å². The number of benzene rings is 8. The zero-order chi connectivity index (χ0) is 48.2. The summed E-state index contributed by atoms with van der Waals surface area (Å²) < 4.78 is 0. The fourth-order valence-electron chi connectivity index (χ4n) is 7.49. The van der Waals surface area contributed by atoms with Crippen LogP contribution < -0.4 is 37.6 Å². The Morgan fingerprint density at radius 3 is 1.30 bits per heavy atom. The van der Waals surface area contributed by atoms with E-state index in [9.17, 15) is 19.7 Å². The Balaban J connectivity index is 0.000000174. The molecule has 0 radical (unpaired) electrons. The highest BCUT2D eigenvalue weighted by molar-refractivity contribution is 6.06. The van der Waals surface area contributed by atoms with E-state index in [0.29, 0.717) is 28.0 Å². The van der Waals surface area contributed by atoms with Crippen LogP contribution in [0, 0.1) is 10.1 Å². The van der Waals surface area contributed by atoms with E-state index in [2.05, 4.69) is 41.9 Å². The first-order valence-electron chi connectivity index (χ1n) is 22.1. The molecule has 0 fully saturated rings. The van der Waals surface area contributed by atoms with Gasteiger partial charge in [-0.15, -0.1) is 0 Å². The molecule has 70 heavy (non-hydrogen) atoms. The number of aromatic nitrogens is 2. The highest BCUT2D eigenvalue weighted by Crippen LogP contribution is 2.30. The number of para-hydroxylation sites is 2. The van der Waals surface area contributed by atoms with Gasteiger partial charge in [-0.1, -0.05) is 48.5 Å². The fourth-order valence-corrected chi connectivity index (χ4v) is 7.49. The summed E-state index contributed by atoms with van der Waals surface area (Å²) in [5, 5.41) is 32.0. The molecule has 0 aliphatic rings. The molecule has 10 rings (SSSR count). The Morgan fingerprint density at radius 2 is 0.829 bits per heavy atom. The van der Waals surface area contributed by atoms with Crippen molar-refractivity contribution in [1.29, 1.82) is 0 Å². The van der Waals surface area contributed by atoms with Crippen molar-refractivity contribution in [1.82, 2.24) is 9.97 Å². The monoisotopic (exact) mass is 920 g/mol. The van der Waals surface area contributed by atoms with E-state index in [4.69, 9.17) is 5.73 Å². The van der Waals surface area contributed by atoms with E-state index in [0.717, 1.165) is 67.5 Å². The number of hydrogen-bond donors (Lipinski definition) is 7. The van der Waals surface area contributed by atoms with E-state index in [1.54, 1.807) is 60.9 Å². The second kappa shape index (κ2) is 21.0. The molecule has 0 bridgehead atoms. The molecule has 0 aliphatic heterocycles. The van der Waals surface area contributed by atoms with Crippen LogP contribution in [0.1, 0.15) is 20.7 Å². The van der Waals surface area contributed by atoms with Gasteiger partial charge in [0.1, 0.15) is 0 Å². The van der Waals surface area contributed by atoms with Crippen molar-refractivity contribution in [2.24, 2.45) is 0 Å². The zero-order valence-electron chi connectivity index (χ0n) is 37.3. The summed E-state index contributed by atoms with van der Waals surface area (Å²) >= 11 is 0. The lowest BCUT2D eigenvalue weighted by molar-refractivity contribution is -0.384. The number of nitrogens with zero attached hydrogens (tertiary/aromatic N) is 3. The van der Waals surface area contributed by atoms with E-state index >= 15 is 0 Å². The number of nitrogens with two attached hydrogens (primary N) is 1. The van der Waals surface area contributed by atoms with Crippen molar-refractivity contribution in [2.75, 3.05) is 37.6 Å². The van der Waals surface area contributed by atoms with Crippen LogP contribution in [-0.2, 0) is 0 Å². The predicted molar refractivity (Wildman–Crippen MR) is 282 cm³/mol. The first-order chi connectivity index (χ1) is 34.2. The molecule has 342 valence electrons. The van der Waals surface area contributed by atoms with Crippen LogP contribution in [0.4, 0.5) is 68.2 Å². The number of nitrogens with one attached hydrogen (secondary N) is 6. The number of carbonyl (C=O) groups excluding carboxylic acids is 2. The average Bonchev–Trinajstić information content (AvgIpc) is 3.38. The number of pyridine rings is 2. The van der Waals surface area contributed by atoms with Crippen LogP contribution in [0.2, 0.25) is 0 Å². The van der Waals surface area contributed by atoms with E-state index in [1.165, 1.54) is 12.1 Å². The lowest BCUT2D eigenvalue weighted by Crippen LogP contribution is -2.11. The van der Waals surface area contributed by atoms with Crippen LogP contribution in [0.5, 0.6) is 0 Å². The van der Waals surface area contributed by atoms with Gasteiger partial charge in [-0.05, 0) is 146 Å². The molecule has 2 amide bonds. The quantitative estimate of drug-likeness (QED) is 0.0329. The largest absolute Gasteiger partial charge is 0.399 e. The zero-order valence-corrected chi connectivity index (χ0v) is 37.3. The van der Waals surface area contributed by atoms with Gasteiger partial charge in [0.05, 0.1) is 16.0 Å². The Labute approximate surface area is 402 Å². The minimum Gasteiger partial charge on any atom is -0.399 e. The second-order valence-electron chi connectivity index (χ2n) is 15.9. The van der Waals surface area contributed by atoms with Gasteiger partial charge in [-0.25, -0.2) is 0 Å². The van der Waals surface area contributed by atoms with Gasteiger partial charge in [0.15, 0.2) is 0 Å². The lowest BCUT2D eigenvalue weighted by Gasteiger charge is -2.11. The van der Waals surface area contributed by atoms with Gasteiger partial charge in [0.2, 0.25) is 0 Å². The van der Waals surface area contributed by atoms with Gasteiger partial charge in [0.25, 0.3) is 17.5 Å². The molecule has 8 aromatic carbocycles. The molecule has 2 heterocycles. The average molecular weight is 921 g/mol. The number of anilines is 11. The van der Waals surface area contributed by atoms with Gasteiger partial charge in [0, 0.05) is 109 Å². The minimum atomic E-state index is -0.443. The molecule has 0 saturated heterocycles. The summed E-state index contributed by atoms with van der Waals surface area (Å²) in [6.45, 7) is 0. The van der Waals surface area contributed by atoms with Crippen LogP contribution in [0.3, 0.4) is 0 Å². The molecule has 14 nitrogen and oxygen atoms in total. The molecule has 2 aromatic heterocycles. The maximum absolute atomic E-state index is 12.8. The van der Waals surface area contributed by atoms with Crippen LogP contribution in [0.15, 0.2) is 219 Å².